The molecule has 2 fully saturated rings. The van der Waals surface area contributed by atoms with Crippen LogP contribution in [0.2, 0.25) is 0 Å². The summed E-state index contributed by atoms with van der Waals surface area (Å²) in [6.45, 7) is 5.51. The average molecular weight is 386 g/mol. The number of ether oxygens (including phenoxy) is 1. The molecule has 1 aromatic heterocycles. The molecule has 0 radical (unpaired) electrons. The van der Waals surface area contributed by atoms with E-state index in [1.54, 1.807) is 12.1 Å². The number of halogens is 1. The van der Waals surface area contributed by atoms with Crippen LogP contribution in [-0.4, -0.2) is 58.8 Å². The topological polar surface area (TPSA) is 50.6 Å². The normalized spacial score (nSPS) is 24.7. The van der Waals surface area contributed by atoms with Gasteiger partial charge in [-0.15, -0.1) is 0 Å². The largest absolute Gasteiger partial charge is 0.375 e. The predicted molar refractivity (Wildman–Crippen MR) is 103 cm³/mol. The van der Waals surface area contributed by atoms with Gasteiger partial charge in [0.2, 0.25) is 5.91 Å². The molecule has 0 aliphatic carbocycles. The molecule has 0 bridgehead atoms. The van der Waals surface area contributed by atoms with Crippen LogP contribution in [0.3, 0.4) is 0 Å². The molecule has 0 saturated carbocycles. The molecule has 2 aromatic rings. The van der Waals surface area contributed by atoms with Crippen molar-refractivity contribution in [2.45, 2.75) is 19.5 Å². The van der Waals surface area contributed by atoms with E-state index < -0.39 is 0 Å². The van der Waals surface area contributed by atoms with E-state index in [1.807, 2.05) is 28.9 Å². The van der Waals surface area contributed by atoms with Crippen molar-refractivity contribution in [2.24, 2.45) is 18.9 Å². The Morgan fingerprint density at radius 2 is 2.14 bits per heavy atom. The maximum atomic E-state index is 13.9. The van der Waals surface area contributed by atoms with Gasteiger partial charge < -0.3 is 9.64 Å². The van der Waals surface area contributed by atoms with Gasteiger partial charge in [-0.25, -0.2) is 4.39 Å². The highest BCUT2D eigenvalue weighted by Crippen LogP contribution is 2.45. The van der Waals surface area contributed by atoms with Gasteiger partial charge in [0, 0.05) is 57.5 Å². The number of carbonyl (C=O) groups excluding carboxylic acids is 1. The second-order valence-corrected chi connectivity index (χ2v) is 7.98. The Hall–Kier alpha value is -2.25. The number of likely N-dealkylation sites (tertiary alicyclic amines) is 2. The first-order valence-corrected chi connectivity index (χ1v) is 9.71. The van der Waals surface area contributed by atoms with Crippen LogP contribution in [0.4, 0.5) is 4.39 Å². The second kappa shape index (κ2) is 7.64. The lowest BCUT2D eigenvalue weighted by Gasteiger charge is -2.30. The number of hydrogen-bond donors (Lipinski definition) is 0. The van der Waals surface area contributed by atoms with Crippen LogP contribution in [0.15, 0.2) is 30.5 Å². The van der Waals surface area contributed by atoms with E-state index in [0.29, 0.717) is 18.4 Å². The number of methoxy groups -OCH3 is 1. The van der Waals surface area contributed by atoms with Crippen molar-refractivity contribution in [3.63, 3.8) is 0 Å². The Labute approximate surface area is 164 Å². The zero-order valence-electron chi connectivity index (χ0n) is 16.6. The first-order valence-electron chi connectivity index (χ1n) is 9.71. The Bertz CT molecular complexity index is 868. The first-order chi connectivity index (χ1) is 13.5. The standard InChI is InChI=1S/C21H27FN4O2/c1-14-16(8-23-24(14)2)9-25-10-17-11-26(20(27)13-28-3)21(19(17)12-25)15-5-4-6-18(22)7-15/h4-8,17,19,21H,9-13H2,1-3H3/t17-,19-,21+/m1/s1. The molecular weight excluding hydrogens is 359 g/mol. The van der Waals surface area contributed by atoms with Crippen molar-refractivity contribution >= 4 is 5.91 Å². The summed E-state index contributed by atoms with van der Waals surface area (Å²) in [6.07, 6.45) is 1.93. The Morgan fingerprint density at radius 1 is 1.32 bits per heavy atom. The highest BCUT2D eigenvalue weighted by molar-refractivity contribution is 5.78. The molecule has 0 N–H and O–H groups in total. The molecule has 6 nitrogen and oxygen atoms in total. The van der Waals surface area contributed by atoms with Crippen LogP contribution < -0.4 is 0 Å². The Morgan fingerprint density at radius 3 is 2.82 bits per heavy atom. The number of rotatable bonds is 5. The van der Waals surface area contributed by atoms with Gasteiger partial charge in [0.1, 0.15) is 12.4 Å². The van der Waals surface area contributed by atoms with E-state index in [4.69, 9.17) is 4.74 Å². The summed E-state index contributed by atoms with van der Waals surface area (Å²) in [5, 5.41) is 4.34. The summed E-state index contributed by atoms with van der Waals surface area (Å²) in [5.74, 6) is 0.382. The third kappa shape index (κ3) is 3.44. The van der Waals surface area contributed by atoms with Crippen LogP contribution in [0, 0.1) is 24.6 Å². The van der Waals surface area contributed by atoms with E-state index >= 15 is 0 Å². The number of benzene rings is 1. The monoisotopic (exact) mass is 386 g/mol. The van der Waals surface area contributed by atoms with Crippen LogP contribution in [0.25, 0.3) is 0 Å². The number of aromatic nitrogens is 2. The third-order valence-electron chi connectivity index (χ3n) is 6.25. The number of hydrogen-bond acceptors (Lipinski definition) is 4. The highest BCUT2D eigenvalue weighted by Gasteiger charge is 2.49. The zero-order chi connectivity index (χ0) is 19.8. The van der Waals surface area contributed by atoms with Crippen molar-refractivity contribution in [3.05, 3.63) is 53.1 Å². The molecular formula is C21H27FN4O2. The molecule has 3 atom stereocenters. The van der Waals surface area contributed by atoms with E-state index in [9.17, 15) is 9.18 Å². The molecule has 2 aliphatic rings. The molecule has 1 aromatic carbocycles. The fraction of sp³-hybridized carbons (Fsp3) is 0.524. The minimum Gasteiger partial charge on any atom is -0.375 e. The lowest BCUT2D eigenvalue weighted by molar-refractivity contribution is -0.136. The molecule has 7 heteroatoms. The molecule has 0 unspecified atom stereocenters. The smallest absolute Gasteiger partial charge is 0.249 e. The predicted octanol–water partition coefficient (Wildman–Crippen LogP) is 2.15. The highest BCUT2D eigenvalue weighted by atomic mass is 19.1. The minimum atomic E-state index is -0.263. The fourth-order valence-corrected chi connectivity index (χ4v) is 4.79. The number of aryl methyl sites for hydroxylation is 1. The molecule has 28 heavy (non-hydrogen) atoms. The average Bonchev–Trinajstić information content (AvgIpc) is 3.30. The van der Waals surface area contributed by atoms with Gasteiger partial charge in [-0.2, -0.15) is 5.10 Å². The van der Waals surface area contributed by atoms with Crippen molar-refractivity contribution < 1.29 is 13.9 Å². The molecule has 2 aliphatic heterocycles. The minimum absolute atomic E-state index is 0.0270. The molecule has 1 amide bonds. The zero-order valence-corrected chi connectivity index (χ0v) is 16.6. The number of carbonyl (C=O) groups is 1. The summed E-state index contributed by atoms with van der Waals surface area (Å²) in [6, 6.07) is 6.56. The van der Waals surface area contributed by atoms with Gasteiger partial charge in [-0.3, -0.25) is 14.4 Å². The van der Waals surface area contributed by atoms with Crippen molar-refractivity contribution in [1.82, 2.24) is 19.6 Å². The fourth-order valence-electron chi connectivity index (χ4n) is 4.79. The van der Waals surface area contributed by atoms with E-state index in [2.05, 4.69) is 16.9 Å². The van der Waals surface area contributed by atoms with E-state index in [-0.39, 0.29) is 24.4 Å². The van der Waals surface area contributed by atoms with Gasteiger partial charge in [-0.1, -0.05) is 12.1 Å². The maximum absolute atomic E-state index is 13.9. The lowest BCUT2D eigenvalue weighted by atomic mass is 9.89. The third-order valence-corrected chi connectivity index (χ3v) is 6.25. The van der Waals surface area contributed by atoms with Gasteiger partial charge in [-0.05, 0) is 30.5 Å². The van der Waals surface area contributed by atoms with Gasteiger partial charge in [0.05, 0.1) is 12.2 Å². The van der Waals surface area contributed by atoms with Gasteiger partial charge in [0.25, 0.3) is 0 Å². The summed E-state index contributed by atoms with van der Waals surface area (Å²) in [4.78, 5) is 17.0. The van der Waals surface area contributed by atoms with Crippen molar-refractivity contribution in [2.75, 3.05) is 33.4 Å². The summed E-state index contributed by atoms with van der Waals surface area (Å²) in [7, 11) is 3.49. The number of fused-ring (bicyclic) bond motifs is 1. The SMILES string of the molecule is COCC(=O)N1C[C@H]2CN(Cc3cnn(C)c3C)C[C@H]2[C@@H]1c1cccc(F)c1. The Kier molecular flexibility index (Phi) is 5.21. The molecule has 0 spiro atoms. The molecule has 4 rings (SSSR count). The van der Waals surface area contributed by atoms with E-state index in [0.717, 1.165) is 25.2 Å². The first kappa shape index (κ1) is 19.1. The van der Waals surface area contributed by atoms with Crippen molar-refractivity contribution in [1.29, 1.82) is 0 Å². The van der Waals surface area contributed by atoms with E-state index in [1.165, 1.54) is 24.4 Å². The summed E-state index contributed by atoms with van der Waals surface area (Å²) < 4.78 is 20.9. The van der Waals surface area contributed by atoms with Crippen LogP contribution in [0.1, 0.15) is 22.9 Å². The van der Waals surface area contributed by atoms with Crippen LogP contribution >= 0.6 is 0 Å². The quantitative estimate of drug-likeness (QED) is 0.790. The van der Waals surface area contributed by atoms with Crippen molar-refractivity contribution in [3.8, 4) is 0 Å². The summed E-state index contributed by atoms with van der Waals surface area (Å²) >= 11 is 0. The molecule has 2 saturated heterocycles. The maximum Gasteiger partial charge on any atom is 0.249 e. The van der Waals surface area contributed by atoms with Gasteiger partial charge >= 0.3 is 0 Å². The molecule has 3 heterocycles. The number of nitrogens with zero attached hydrogens (tertiary/aromatic N) is 4. The second-order valence-electron chi connectivity index (χ2n) is 7.98. The van der Waals surface area contributed by atoms with Gasteiger partial charge in [0.15, 0.2) is 0 Å². The Balaban J connectivity index is 1.56. The van der Waals surface area contributed by atoms with Crippen LogP contribution in [-0.2, 0) is 23.1 Å². The lowest BCUT2D eigenvalue weighted by Crippen LogP contribution is -2.37. The molecule has 150 valence electrons. The summed E-state index contributed by atoms with van der Waals surface area (Å²) in [5.41, 5.74) is 3.28. The number of amides is 1. The van der Waals surface area contributed by atoms with Crippen LogP contribution in [0.5, 0.6) is 0 Å².